The number of nitrogens with zero attached hydrogens (tertiary/aromatic N) is 1. The molecule has 9 rings (SSSR count). The number of aryl methyl sites for hydroxylation is 5. The zero-order valence-corrected chi connectivity index (χ0v) is 26.1. The van der Waals surface area contributed by atoms with Crippen molar-refractivity contribution in [2.75, 3.05) is 5.32 Å². The van der Waals surface area contributed by atoms with E-state index in [0.29, 0.717) is 0 Å². The Balaban J connectivity index is 1.44. The minimum absolute atomic E-state index is 0.0672. The molecule has 0 radical (unpaired) electrons. The van der Waals surface area contributed by atoms with Crippen LogP contribution < -0.4 is 21.7 Å². The van der Waals surface area contributed by atoms with Crippen molar-refractivity contribution in [3.63, 3.8) is 0 Å². The molecule has 0 unspecified atom stereocenters. The predicted octanol–water partition coefficient (Wildman–Crippen LogP) is 8.69. The summed E-state index contributed by atoms with van der Waals surface area (Å²) in [6, 6.07) is 34.5. The second-order valence-corrected chi connectivity index (χ2v) is 13.2. The van der Waals surface area contributed by atoms with Crippen LogP contribution in [0.4, 0.5) is 15.8 Å². The number of fused-ring (bicyclic) bond motifs is 7. The first-order valence-electron chi connectivity index (χ1n) is 15.7. The third kappa shape index (κ3) is 3.75. The standard InChI is InChI=1S/C41H32BFN2/c1-22-6-8-26(5)30(14-22)32-16-24(3)18-34-40(32)44-36-20-28(27-9-11-29(43)12-10-27)21-38-39(36)42(34)35-19-25(4)17-33-31-15-23(2)7-13-37(31)45(38)41(33)35/h6-21,44H,1-5H3. The molecule has 2 aliphatic heterocycles. The first-order valence-corrected chi connectivity index (χ1v) is 15.7. The van der Waals surface area contributed by atoms with Crippen molar-refractivity contribution in [2.45, 2.75) is 34.6 Å². The molecule has 4 heteroatoms. The molecule has 6 aromatic carbocycles. The van der Waals surface area contributed by atoms with Crippen LogP contribution in [-0.2, 0) is 0 Å². The van der Waals surface area contributed by atoms with Crippen molar-refractivity contribution in [1.29, 1.82) is 0 Å². The van der Waals surface area contributed by atoms with Crippen LogP contribution in [0.2, 0.25) is 0 Å². The van der Waals surface area contributed by atoms with Crippen LogP contribution >= 0.6 is 0 Å². The number of aromatic nitrogens is 1. The molecule has 0 amide bonds. The topological polar surface area (TPSA) is 17.0 Å². The fraction of sp³-hybridized carbons (Fsp3) is 0.122. The number of benzene rings is 6. The van der Waals surface area contributed by atoms with Crippen LogP contribution in [-0.4, -0.2) is 11.3 Å². The summed E-state index contributed by atoms with van der Waals surface area (Å²) in [5, 5.41) is 6.56. The maximum atomic E-state index is 14.0. The van der Waals surface area contributed by atoms with Gasteiger partial charge in [-0.25, -0.2) is 4.39 Å². The fourth-order valence-electron chi connectivity index (χ4n) is 7.99. The van der Waals surface area contributed by atoms with Crippen LogP contribution in [0.3, 0.4) is 0 Å². The van der Waals surface area contributed by atoms with Crippen molar-refractivity contribution in [3.05, 3.63) is 131 Å². The average Bonchev–Trinajstić information content (AvgIpc) is 3.33. The number of hydrogen-bond donors (Lipinski definition) is 1. The molecule has 0 saturated heterocycles. The van der Waals surface area contributed by atoms with Crippen LogP contribution in [0, 0.1) is 40.4 Å². The average molecular weight is 583 g/mol. The SMILES string of the molecule is Cc1ccc(C)c(-c2cc(C)cc3c2Nc2cc(-c4ccc(F)cc4)cc4c2B3c2cc(C)cc3c5cc(C)ccc5n-4c23)c1. The van der Waals surface area contributed by atoms with Gasteiger partial charge in [0.15, 0.2) is 0 Å². The zero-order valence-electron chi connectivity index (χ0n) is 26.1. The van der Waals surface area contributed by atoms with E-state index in [1.54, 1.807) is 12.1 Å². The van der Waals surface area contributed by atoms with Gasteiger partial charge in [0.25, 0.3) is 6.71 Å². The van der Waals surface area contributed by atoms with E-state index in [1.165, 1.54) is 88.5 Å². The van der Waals surface area contributed by atoms with Crippen LogP contribution in [0.25, 0.3) is 49.7 Å². The summed E-state index contributed by atoms with van der Waals surface area (Å²) in [6.45, 7) is 11.1. The number of hydrogen-bond acceptors (Lipinski definition) is 1. The molecule has 0 spiro atoms. The minimum atomic E-state index is -0.225. The fourth-order valence-corrected chi connectivity index (χ4v) is 7.99. The molecule has 45 heavy (non-hydrogen) atoms. The summed E-state index contributed by atoms with van der Waals surface area (Å²) in [5.74, 6) is -0.225. The summed E-state index contributed by atoms with van der Waals surface area (Å²) < 4.78 is 16.5. The van der Waals surface area contributed by atoms with Crippen molar-refractivity contribution in [1.82, 2.24) is 4.57 Å². The largest absolute Gasteiger partial charge is 0.356 e. The van der Waals surface area contributed by atoms with Gasteiger partial charge in [-0.05, 0) is 122 Å². The molecule has 7 aromatic rings. The molecule has 0 atom stereocenters. The maximum Gasteiger partial charge on any atom is 0.252 e. The van der Waals surface area contributed by atoms with Crippen molar-refractivity contribution in [3.8, 4) is 27.9 Å². The maximum absolute atomic E-state index is 14.0. The zero-order chi connectivity index (χ0) is 30.7. The summed E-state index contributed by atoms with van der Waals surface area (Å²) in [5.41, 5.74) is 20.8. The van der Waals surface area contributed by atoms with Gasteiger partial charge >= 0.3 is 0 Å². The van der Waals surface area contributed by atoms with E-state index in [2.05, 4.69) is 117 Å². The molecule has 2 aliphatic rings. The van der Waals surface area contributed by atoms with E-state index in [-0.39, 0.29) is 12.5 Å². The molecule has 1 N–H and O–H groups in total. The molecular weight excluding hydrogens is 550 g/mol. The number of rotatable bonds is 2. The van der Waals surface area contributed by atoms with E-state index in [4.69, 9.17) is 0 Å². The van der Waals surface area contributed by atoms with E-state index in [0.717, 1.165) is 16.8 Å². The Morgan fingerprint density at radius 2 is 1.29 bits per heavy atom. The second-order valence-electron chi connectivity index (χ2n) is 13.2. The minimum Gasteiger partial charge on any atom is -0.356 e. The van der Waals surface area contributed by atoms with Crippen LogP contribution in [0.5, 0.6) is 0 Å². The third-order valence-electron chi connectivity index (χ3n) is 9.93. The van der Waals surface area contributed by atoms with Crippen molar-refractivity contribution in [2.24, 2.45) is 0 Å². The van der Waals surface area contributed by atoms with Gasteiger partial charge in [-0.15, -0.1) is 0 Å². The molecule has 1 aromatic heterocycles. The Morgan fingerprint density at radius 1 is 0.600 bits per heavy atom. The highest BCUT2D eigenvalue weighted by Crippen LogP contribution is 2.41. The molecular formula is C41H32BFN2. The monoisotopic (exact) mass is 582 g/mol. The molecule has 3 heterocycles. The first kappa shape index (κ1) is 26.3. The van der Waals surface area contributed by atoms with Gasteiger partial charge < -0.3 is 9.88 Å². The van der Waals surface area contributed by atoms with Crippen LogP contribution in [0.15, 0.2) is 97.1 Å². The lowest BCUT2D eigenvalue weighted by Gasteiger charge is -2.36. The number of nitrogens with one attached hydrogen (secondary N) is 1. The first-order chi connectivity index (χ1) is 21.7. The summed E-state index contributed by atoms with van der Waals surface area (Å²) in [4.78, 5) is 0. The molecule has 0 saturated carbocycles. The summed E-state index contributed by atoms with van der Waals surface area (Å²) in [6.07, 6.45) is 0. The highest BCUT2D eigenvalue weighted by Gasteiger charge is 2.40. The van der Waals surface area contributed by atoms with Gasteiger partial charge in [-0.3, -0.25) is 0 Å². The normalized spacial score (nSPS) is 12.8. The lowest BCUT2D eigenvalue weighted by atomic mass is 9.33. The van der Waals surface area contributed by atoms with E-state index < -0.39 is 0 Å². The Labute approximate surface area is 263 Å². The highest BCUT2D eigenvalue weighted by atomic mass is 19.1. The van der Waals surface area contributed by atoms with Crippen LogP contribution in [0.1, 0.15) is 27.8 Å². The van der Waals surface area contributed by atoms with Crippen molar-refractivity contribution >= 4 is 56.3 Å². The third-order valence-corrected chi connectivity index (χ3v) is 9.93. The van der Waals surface area contributed by atoms with Gasteiger partial charge in [-0.2, -0.15) is 0 Å². The van der Waals surface area contributed by atoms with Gasteiger partial charge in [-0.1, -0.05) is 70.8 Å². The molecule has 0 fully saturated rings. The molecule has 216 valence electrons. The van der Waals surface area contributed by atoms with Gasteiger partial charge in [0, 0.05) is 38.9 Å². The smallest absolute Gasteiger partial charge is 0.252 e. The number of halogens is 1. The highest BCUT2D eigenvalue weighted by molar-refractivity contribution is 7.00. The Kier molecular flexibility index (Phi) is 5.39. The summed E-state index contributed by atoms with van der Waals surface area (Å²) >= 11 is 0. The van der Waals surface area contributed by atoms with E-state index >= 15 is 0 Å². The molecule has 0 aliphatic carbocycles. The van der Waals surface area contributed by atoms with Crippen molar-refractivity contribution < 1.29 is 4.39 Å². The second kappa shape index (κ2) is 9.22. The van der Waals surface area contributed by atoms with Gasteiger partial charge in [0.05, 0.1) is 5.52 Å². The van der Waals surface area contributed by atoms with E-state index in [1.807, 2.05) is 12.1 Å². The Bertz CT molecular complexity index is 2420. The van der Waals surface area contributed by atoms with E-state index in [9.17, 15) is 4.39 Å². The predicted molar refractivity (Wildman–Crippen MR) is 190 cm³/mol. The summed E-state index contributed by atoms with van der Waals surface area (Å²) in [7, 11) is 0. The Hall–Kier alpha value is -5.09. The Morgan fingerprint density at radius 3 is 2.11 bits per heavy atom. The lowest BCUT2D eigenvalue weighted by Crippen LogP contribution is -2.59. The molecule has 0 bridgehead atoms. The number of anilines is 2. The lowest BCUT2D eigenvalue weighted by molar-refractivity contribution is 0.628. The molecule has 2 nitrogen and oxygen atoms in total. The van der Waals surface area contributed by atoms with Gasteiger partial charge in [0.2, 0.25) is 0 Å². The quantitative estimate of drug-likeness (QED) is 0.202. The van der Waals surface area contributed by atoms with Gasteiger partial charge in [0.1, 0.15) is 5.82 Å².